The highest BCUT2D eigenvalue weighted by Gasteiger charge is 2.07. The van der Waals surface area contributed by atoms with Crippen molar-refractivity contribution in [3.8, 4) is 11.5 Å². The maximum Gasteiger partial charge on any atom is 0.255 e. The van der Waals surface area contributed by atoms with Crippen molar-refractivity contribution in [1.82, 2.24) is 15.6 Å². The van der Waals surface area contributed by atoms with Crippen molar-refractivity contribution in [2.24, 2.45) is 4.99 Å². The lowest BCUT2D eigenvalue weighted by atomic mass is 10.1. The SMILES string of the molecule is CCNC(=NCc1coc(-c2ccc(C)cc2)n1)NCC(F)F.I. The fraction of sp³-hybridized carbons (Fsp3) is 0.375. The van der Waals surface area contributed by atoms with Gasteiger partial charge in [0.2, 0.25) is 5.89 Å². The smallest absolute Gasteiger partial charge is 0.255 e. The molecular weight excluding hydrogens is 429 g/mol. The van der Waals surface area contributed by atoms with Crippen LogP contribution in [-0.2, 0) is 6.54 Å². The van der Waals surface area contributed by atoms with E-state index in [1.54, 1.807) is 0 Å². The molecule has 0 atom stereocenters. The third-order valence-electron chi connectivity index (χ3n) is 3.02. The van der Waals surface area contributed by atoms with Crippen molar-refractivity contribution in [2.45, 2.75) is 26.8 Å². The first-order valence-corrected chi connectivity index (χ1v) is 7.40. The number of aromatic nitrogens is 1. The second-order valence-electron chi connectivity index (χ2n) is 4.98. The van der Waals surface area contributed by atoms with Crippen LogP contribution in [0.15, 0.2) is 39.9 Å². The average molecular weight is 450 g/mol. The van der Waals surface area contributed by atoms with E-state index in [1.807, 2.05) is 38.1 Å². The van der Waals surface area contributed by atoms with Gasteiger partial charge in [0.05, 0.1) is 13.1 Å². The van der Waals surface area contributed by atoms with E-state index in [0.29, 0.717) is 24.1 Å². The monoisotopic (exact) mass is 450 g/mol. The molecule has 1 heterocycles. The molecule has 1 aromatic heterocycles. The summed E-state index contributed by atoms with van der Waals surface area (Å²) in [6, 6.07) is 7.83. The van der Waals surface area contributed by atoms with E-state index in [1.165, 1.54) is 6.26 Å². The molecule has 0 spiro atoms. The van der Waals surface area contributed by atoms with E-state index in [2.05, 4.69) is 20.6 Å². The van der Waals surface area contributed by atoms with Gasteiger partial charge in [-0.1, -0.05) is 17.7 Å². The maximum absolute atomic E-state index is 12.2. The third kappa shape index (κ3) is 6.42. The predicted octanol–water partition coefficient (Wildman–Crippen LogP) is 3.59. The summed E-state index contributed by atoms with van der Waals surface area (Å²) in [7, 11) is 0. The first-order chi connectivity index (χ1) is 11.1. The molecule has 0 unspecified atom stereocenters. The standard InChI is InChI=1S/C16H20F2N4O.HI/c1-3-19-16(21-9-14(17)18)20-8-13-10-23-15(22-13)12-6-4-11(2)5-7-12;/h4-7,10,14H,3,8-9H2,1-2H3,(H2,19,20,21);1H. The molecule has 0 saturated heterocycles. The van der Waals surface area contributed by atoms with Crippen molar-refractivity contribution in [2.75, 3.05) is 13.1 Å². The largest absolute Gasteiger partial charge is 0.444 e. The molecule has 2 N–H and O–H groups in total. The van der Waals surface area contributed by atoms with Crippen LogP contribution in [0.5, 0.6) is 0 Å². The third-order valence-corrected chi connectivity index (χ3v) is 3.02. The highest BCUT2D eigenvalue weighted by atomic mass is 127. The molecule has 1 aromatic carbocycles. The average Bonchev–Trinajstić information content (AvgIpc) is 2.99. The Labute approximate surface area is 157 Å². The molecule has 8 heteroatoms. The molecule has 2 aromatic rings. The summed E-state index contributed by atoms with van der Waals surface area (Å²) in [6.07, 6.45) is -0.908. The molecule has 24 heavy (non-hydrogen) atoms. The van der Waals surface area contributed by atoms with Crippen LogP contribution in [0.4, 0.5) is 8.78 Å². The number of guanidine groups is 1. The van der Waals surface area contributed by atoms with Gasteiger partial charge < -0.3 is 15.1 Å². The zero-order valence-corrected chi connectivity index (χ0v) is 15.9. The van der Waals surface area contributed by atoms with Crippen molar-refractivity contribution < 1.29 is 13.2 Å². The lowest BCUT2D eigenvalue weighted by molar-refractivity contribution is 0.152. The molecule has 0 bridgehead atoms. The van der Waals surface area contributed by atoms with E-state index in [9.17, 15) is 8.78 Å². The number of oxazole rings is 1. The van der Waals surface area contributed by atoms with Gasteiger partial charge in [-0.05, 0) is 26.0 Å². The predicted molar refractivity (Wildman–Crippen MR) is 101 cm³/mol. The molecule has 0 fully saturated rings. The number of halogens is 3. The van der Waals surface area contributed by atoms with Gasteiger partial charge >= 0.3 is 0 Å². The van der Waals surface area contributed by atoms with Gasteiger partial charge in [-0.15, -0.1) is 24.0 Å². The second-order valence-corrected chi connectivity index (χ2v) is 4.98. The van der Waals surface area contributed by atoms with Crippen molar-refractivity contribution >= 4 is 29.9 Å². The Morgan fingerprint density at radius 2 is 1.96 bits per heavy atom. The summed E-state index contributed by atoms with van der Waals surface area (Å²) >= 11 is 0. The van der Waals surface area contributed by atoms with Gasteiger partial charge in [0.15, 0.2) is 5.96 Å². The summed E-state index contributed by atoms with van der Waals surface area (Å²) in [5.74, 6) is 0.841. The summed E-state index contributed by atoms with van der Waals surface area (Å²) in [4.78, 5) is 8.58. The van der Waals surface area contributed by atoms with E-state index < -0.39 is 13.0 Å². The van der Waals surface area contributed by atoms with Gasteiger partial charge in [0.25, 0.3) is 6.43 Å². The minimum Gasteiger partial charge on any atom is -0.444 e. The van der Waals surface area contributed by atoms with Gasteiger partial charge in [-0.3, -0.25) is 0 Å². The van der Waals surface area contributed by atoms with Crippen molar-refractivity contribution in [3.63, 3.8) is 0 Å². The topological polar surface area (TPSA) is 62.5 Å². The minimum absolute atomic E-state index is 0. The van der Waals surface area contributed by atoms with Crippen LogP contribution in [0.1, 0.15) is 18.2 Å². The summed E-state index contributed by atoms with van der Waals surface area (Å²) in [5.41, 5.74) is 2.67. The Bertz CT molecular complexity index is 644. The molecule has 0 radical (unpaired) electrons. The number of rotatable bonds is 6. The first-order valence-electron chi connectivity index (χ1n) is 7.40. The molecule has 0 aliphatic carbocycles. The number of hydrogen-bond donors (Lipinski definition) is 2. The van der Waals surface area contributed by atoms with Crippen LogP contribution in [0.25, 0.3) is 11.5 Å². The van der Waals surface area contributed by atoms with Crippen LogP contribution in [-0.4, -0.2) is 30.5 Å². The molecule has 2 rings (SSSR count). The molecule has 0 saturated carbocycles. The summed E-state index contributed by atoms with van der Waals surface area (Å²) in [6.45, 7) is 4.26. The number of nitrogens with one attached hydrogen (secondary N) is 2. The fourth-order valence-electron chi connectivity index (χ4n) is 1.88. The molecule has 132 valence electrons. The van der Waals surface area contributed by atoms with Crippen molar-refractivity contribution in [3.05, 3.63) is 41.8 Å². The van der Waals surface area contributed by atoms with Crippen LogP contribution >= 0.6 is 24.0 Å². The maximum atomic E-state index is 12.2. The number of hydrogen-bond acceptors (Lipinski definition) is 3. The Morgan fingerprint density at radius 3 is 2.58 bits per heavy atom. The number of aryl methyl sites for hydroxylation is 1. The molecule has 0 aliphatic rings. The normalized spacial score (nSPS) is 11.3. The highest BCUT2D eigenvalue weighted by Crippen LogP contribution is 2.19. The Balaban J connectivity index is 0.00000288. The van der Waals surface area contributed by atoms with Crippen LogP contribution in [0.3, 0.4) is 0 Å². The molecule has 0 amide bonds. The Kier molecular flexibility index (Phi) is 8.66. The zero-order valence-electron chi connectivity index (χ0n) is 13.6. The van der Waals surface area contributed by atoms with Gasteiger partial charge in [0.1, 0.15) is 12.0 Å². The van der Waals surface area contributed by atoms with Crippen LogP contribution in [0, 0.1) is 6.92 Å². The summed E-state index contributed by atoms with van der Waals surface area (Å²) < 4.78 is 29.9. The summed E-state index contributed by atoms with van der Waals surface area (Å²) in [5, 5.41) is 5.47. The Hall–Kier alpha value is -1.71. The highest BCUT2D eigenvalue weighted by molar-refractivity contribution is 14.0. The first kappa shape index (κ1) is 20.3. The van der Waals surface area contributed by atoms with E-state index >= 15 is 0 Å². The van der Waals surface area contributed by atoms with Crippen LogP contribution in [0.2, 0.25) is 0 Å². The fourth-order valence-corrected chi connectivity index (χ4v) is 1.88. The number of benzene rings is 1. The number of alkyl halides is 2. The second kappa shape index (κ2) is 10.2. The minimum atomic E-state index is -2.43. The van der Waals surface area contributed by atoms with E-state index in [-0.39, 0.29) is 30.5 Å². The zero-order chi connectivity index (χ0) is 16.7. The van der Waals surface area contributed by atoms with Crippen molar-refractivity contribution in [1.29, 1.82) is 0 Å². The Morgan fingerprint density at radius 1 is 1.25 bits per heavy atom. The van der Waals surface area contributed by atoms with Gasteiger partial charge in [-0.25, -0.2) is 18.8 Å². The molecule has 0 aliphatic heterocycles. The molecule has 5 nitrogen and oxygen atoms in total. The number of aliphatic imine (C=N–C) groups is 1. The van der Waals surface area contributed by atoms with E-state index in [4.69, 9.17) is 4.42 Å². The molecular formula is C16H21F2IN4O. The quantitative estimate of drug-likeness (QED) is 0.401. The number of nitrogens with zero attached hydrogens (tertiary/aromatic N) is 2. The van der Waals surface area contributed by atoms with Crippen LogP contribution < -0.4 is 10.6 Å². The van der Waals surface area contributed by atoms with Gasteiger partial charge in [-0.2, -0.15) is 0 Å². The van der Waals surface area contributed by atoms with E-state index in [0.717, 1.165) is 11.1 Å². The van der Waals surface area contributed by atoms with Gasteiger partial charge in [0, 0.05) is 12.1 Å². The lowest BCUT2D eigenvalue weighted by Crippen LogP contribution is -2.39. The lowest BCUT2D eigenvalue weighted by Gasteiger charge is -2.09.